The fourth-order valence-electron chi connectivity index (χ4n) is 2.32. The van der Waals surface area contributed by atoms with Crippen LogP contribution < -0.4 is 5.32 Å². The van der Waals surface area contributed by atoms with E-state index in [9.17, 15) is 9.59 Å². The number of anilines is 1. The molecule has 0 spiro atoms. The van der Waals surface area contributed by atoms with Crippen molar-refractivity contribution in [2.75, 3.05) is 11.9 Å². The first-order valence-corrected chi connectivity index (χ1v) is 8.28. The van der Waals surface area contributed by atoms with E-state index in [0.717, 1.165) is 17.3 Å². The van der Waals surface area contributed by atoms with Gasteiger partial charge in [0.1, 0.15) is 12.3 Å². The molecule has 6 heteroatoms. The third-order valence-electron chi connectivity index (χ3n) is 3.65. The van der Waals surface area contributed by atoms with Crippen LogP contribution in [0.1, 0.15) is 18.6 Å². The number of halogens is 1. The Morgan fingerprint density at radius 3 is 2.65 bits per heavy atom. The molecule has 1 N–H and O–H groups in total. The van der Waals surface area contributed by atoms with Gasteiger partial charge in [-0.1, -0.05) is 12.1 Å². The molecule has 0 radical (unpaired) electrons. The van der Waals surface area contributed by atoms with Crippen LogP contribution in [0.2, 0.25) is 0 Å². The van der Waals surface area contributed by atoms with E-state index in [2.05, 4.69) is 21.2 Å². The number of nitrogens with zero attached hydrogens (tertiary/aromatic N) is 1. The Balaban J connectivity index is 1.66. The zero-order valence-corrected chi connectivity index (χ0v) is 14.1. The predicted molar refractivity (Wildman–Crippen MR) is 89.6 cm³/mol. The number of nitrogens with one attached hydrogen (secondary N) is 1. The lowest BCUT2D eigenvalue weighted by atomic mass is 10.3. The van der Waals surface area contributed by atoms with Crippen LogP contribution in [0.4, 0.5) is 5.69 Å². The number of carbonyl (C=O) groups excluding carboxylic acids is 2. The molecule has 1 heterocycles. The molecule has 23 heavy (non-hydrogen) atoms. The second kappa shape index (κ2) is 7.00. The number of hydrogen-bond acceptors (Lipinski definition) is 3. The molecule has 0 atom stereocenters. The summed E-state index contributed by atoms with van der Waals surface area (Å²) < 4.78 is 6.11. The van der Waals surface area contributed by atoms with Crippen LogP contribution >= 0.6 is 15.9 Å². The molecule has 1 saturated carbocycles. The minimum Gasteiger partial charge on any atom is -0.467 e. The van der Waals surface area contributed by atoms with Gasteiger partial charge in [-0.2, -0.15) is 0 Å². The van der Waals surface area contributed by atoms with Crippen LogP contribution in [-0.4, -0.2) is 23.3 Å². The highest BCUT2D eigenvalue weighted by molar-refractivity contribution is 9.10. The molecule has 1 aromatic heterocycles. The van der Waals surface area contributed by atoms with E-state index >= 15 is 0 Å². The van der Waals surface area contributed by atoms with Crippen LogP contribution in [-0.2, 0) is 16.1 Å². The standard InChI is InChI=1S/C17H17BrN2O3/c18-14-5-1-2-6-15(14)19-16(21)11-20(17(22)12-7-8-12)10-13-4-3-9-23-13/h1-6,9,12H,7-8,10-11H2,(H,19,21). The molecule has 0 bridgehead atoms. The molecular formula is C17H17BrN2O3. The van der Waals surface area contributed by atoms with Crippen molar-refractivity contribution in [3.8, 4) is 0 Å². The number of rotatable bonds is 6. The van der Waals surface area contributed by atoms with Crippen LogP contribution in [0.3, 0.4) is 0 Å². The van der Waals surface area contributed by atoms with E-state index < -0.39 is 0 Å². The molecule has 2 amide bonds. The summed E-state index contributed by atoms with van der Waals surface area (Å²) >= 11 is 3.39. The summed E-state index contributed by atoms with van der Waals surface area (Å²) in [6.07, 6.45) is 3.37. The van der Waals surface area contributed by atoms with E-state index in [4.69, 9.17) is 4.42 Å². The molecular weight excluding hydrogens is 360 g/mol. The van der Waals surface area contributed by atoms with Crippen LogP contribution in [0.5, 0.6) is 0 Å². The number of para-hydroxylation sites is 1. The van der Waals surface area contributed by atoms with Crippen molar-refractivity contribution in [2.24, 2.45) is 5.92 Å². The Labute approximate surface area is 142 Å². The van der Waals surface area contributed by atoms with Crippen LogP contribution in [0.15, 0.2) is 51.6 Å². The summed E-state index contributed by atoms with van der Waals surface area (Å²) in [5.74, 6) is 0.523. The smallest absolute Gasteiger partial charge is 0.244 e. The Kier molecular flexibility index (Phi) is 4.81. The second-order valence-corrected chi connectivity index (χ2v) is 6.43. The highest BCUT2D eigenvalue weighted by Gasteiger charge is 2.34. The van der Waals surface area contributed by atoms with E-state index in [1.807, 2.05) is 24.3 Å². The fourth-order valence-corrected chi connectivity index (χ4v) is 2.70. The maximum absolute atomic E-state index is 12.4. The van der Waals surface area contributed by atoms with Gasteiger partial charge in [-0.3, -0.25) is 9.59 Å². The topological polar surface area (TPSA) is 62.6 Å². The van der Waals surface area contributed by atoms with Gasteiger partial charge in [0.15, 0.2) is 0 Å². The van der Waals surface area contributed by atoms with Gasteiger partial charge in [0, 0.05) is 10.4 Å². The molecule has 0 saturated heterocycles. The lowest BCUT2D eigenvalue weighted by Gasteiger charge is -2.21. The summed E-state index contributed by atoms with van der Waals surface area (Å²) in [4.78, 5) is 26.2. The monoisotopic (exact) mass is 376 g/mol. The quantitative estimate of drug-likeness (QED) is 0.839. The van der Waals surface area contributed by atoms with Gasteiger partial charge in [-0.15, -0.1) is 0 Å². The predicted octanol–water partition coefficient (Wildman–Crippen LogP) is 3.42. The normalized spacial score (nSPS) is 13.6. The molecule has 0 unspecified atom stereocenters. The van der Waals surface area contributed by atoms with Crippen molar-refractivity contribution in [1.82, 2.24) is 4.90 Å². The number of benzene rings is 1. The maximum atomic E-state index is 12.4. The Morgan fingerprint density at radius 1 is 1.22 bits per heavy atom. The lowest BCUT2D eigenvalue weighted by Crippen LogP contribution is -2.38. The average molecular weight is 377 g/mol. The Hall–Kier alpha value is -2.08. The Morgan fingerprint density at radius 2 is 2.00 bits per heavy atom. The summed E-state index contributed by atoms with van der Waals surface area (Å²) in [6, 6.07) is 11.0. The van der Waals surface area contributed by atoms with E-state index in [0.29, 0.717) is 18.0 Å². The van der Waals surface area contributed by atoms with Gasteiger partial charge < -0.3 is 14.6 Å². The molecule has 120 valence electrons. The second-order valence-electron chi connectivity index (χ2n) is 5.58. The largest absolute Gasteiger partial charge is 0.467 e. The number of furan rings is 1. The Bertz CT molecular complexity index is 696. The van der Waals surface area contributed by atoms with E-state index in [-0.39, 0.29) is 24.3 Å². The fraction of sp³-hybridized carbons (Fsp3) is 0.294. The summed E-state index contributed by atoms with van der Waals surface area (Å²) in [7, 11) is 0. The zero-order chi connectivity index (χ0) is 16.2. The van der Waals surface area contributed by atoms with E-state index in [1.54, 1.807) is 23.3 Å². The minimum absolute atomic E-state index is 0.0113. The molecule has 1 aromatic carbocycles. The minimum atomic E-state index is -0.225. The molecule has 2 aromatic rings. The number of hydrogen-bond donors (Lipinski definition) is 1. The molecule has 1 fully saturated rings. The van der Waals surface area contributed by atoms with Crippen molar-refractivity contribution >= 4 is 33.4 Å². The van der Waals surface area contributed by atoms with Crippen molar-refractivity contribution in [3.05, 3.63) is 52.9 Å². The van der Waals surface area contributed by atoms with Crippen molar-refractivity contribution in [3.63, 3.8) is 0 Å². The van der Waals surface area contributed by atoms with Gasteiger partial charge in [0.25, 0.3) is 0 Å². The lowest BCUT2D eigenvalue weighted by molar-refractivity contribution is -0.136. The van der Waals surface area contributed by atoms with Gasteiger partial charge in [0.05, 0.1) is 18.5 Å². The van der Waals surface area contributed by atoms with Crippen molar-refractivity contribution in [2.45, 2.75) is 19.4 Å². The van der Waals surface area contributed by atoms with Gasteiger partial charge in [-0.25, -0.2) is 0 Å². The molecule has 1 aliphatic rings. The maximum Gasteiger partial charge on any atom is 0.244 e. The van der Waals surface area contributed by atoms with Crippen LogP contribution in [0, 0.1) is 5.92 Å². The van der Waals surface area contributed by atoms with Gasteiger partial charge >= 0.3 is 0 Å². The molecule has 0 aliphatic heterocycles. The molecule has 3 rings (SSSR count). The van der Waals surface area contributed by atoms with E-state index in [1.165, 1.54) is 0 Å². The first-order valence-electron chi connectivity index (χ1n) is 7.49. The summed E-state index contributed by atoms with van der Waals surface area (Å²) in [5.41, 5.74) is 0.689. The van der Waals surface area contributed by atoms with Gasteiger partial charge in [-0.05, 0) is 53.0 Å². The van der Waals surface area contributed by atoms with Crippen molar-refractivity contribution in [1.29, 1.82) is 0 Å². The highest BCUT2D eigenvalue weighted by atomic mass is 79.9. The number of amides is 2. The van der Waals surface area contributed by atoms with Crippen LogP contribution in [0.25, 0.3) is 0 Å². The zero-order valence-electron chi connectivity index (χ0n) is 12.5. The molecule has 1 aliphatic carbocycles. The average Bonchev–Trinajstić information content (AvgIpc) is 3.26. The third-order valence-corrected chi connectivity index (χ3v) is 4.34. The first-order chi connectivity index (χ1) is 11.1. The third kappa shape index (κ3) is 4.22. The summed E-state index contributed by atoms with van der Waals surface area (Å²) in [6.45, 7) is 0.323. The number of carbonyl (C=O) groups is 2. The van der Waals surface area contributed by atoms with Crippen molar-refractivity contribution < 1.29 is 14.0 Å². The SMILES string of the molecule is O=C(CN(Cc1ccco1)C(=O)C1CC1)Nc1ccccc1Br. The van der Waals surface area contributed by atoms with Gasteiger partial charge in [0.2, 0.25) is 11.8 Å². The first kappa shape index (κ1) is 15.8. The highest BCUT2D eigenvalue weighted by Crippen LogP contribution is 2.31. The molecule has 5 nitrogen and oxygen atoms in total. The summed E-state index contributed by atoms with van der Waals surface area (Å²) in [5, 5.41) is 2.82.